The summed E-state index contributed by atoms with van der Waals surface area (Å²) >= 11 is 0. The summed E-state index contributed by atoms with van der Waals surface area (Å²) in [6, 6.07) is 0. The third kappa shape index (κ3) is 2.88. The van der Waals surface area contributed by atoms with Crippen molar-refractivity contribution in [3.8, 4) is 0 Å². The van der Waals surface area contributed by atoms with Crippen LogP contribution >= 0.6 is 0 Å². The van der Waals surface area contributed by atoms with E-state index in [4.69, 9.17) is 0 Å². The quantitative estimate of drug-likeness (QED) is 0.673. The predicted octanol–water partition coefficient (Wildman–Crippen LogP) is 0.579. The fourth-order valence-electron chi connectivity index (χ4n) is 1.58. The number of hydrogen-bond donors (Lipinski definition) is 3. The monoisotopic (exact) mass is 275 g/mol. The van der Waals surface area contributed by atoms with Crippen LogP contribution in [0, 0.1) is 5.41 Å². The molecule has 0 saturated carbocycles. The number of rotatable bonds is 7. The summed E-state index contributed by atoms with van der Waals surface area (Å²) in [6.07, 6.45) is 3.12. The molecule has 0 amide bonds. The minimum atomic E-state index is -3.74. The van der Waals surface area contributed by atoms with Crippen LogP contribution < -0.4 is 4.72 Å². The maximum absolute atomic E-state index is 11.8. The smallest absolute Gasteiger partial charge is 0.310 e. The van der Waals surface area contributed by atoms with E-state index < -0.39 is 21.4 Å². The molecule has 1 aromatic heterocycles. The van der Waals surface area contributed by atoms with Gasteiger partial charge < -0.3 is 10.1 Å². The molecule has 1 heterocycles. The van der Waals surface area contributed by atoms with Gasteiger partial charge in [0.05, 0.1) is 17.9 Å². The van der Waals surface area contributed by atoms with E-state index in [1.54, 1.807) is 13.8 Å². The SMILES string of the molecule is CCC(CC)(CNS(=O)(=O)c1cnc[nH]1)C(=O)O. The fourth-order valence-corrected chi connectivity index (χ4v) is 2.61. The first-order valence-corrected chi connectivity index (χ1v) is 7.07. The number of carbonyl (C=O) groups is 1. The summed E-state index contributed by atoms with van der Waals surface area (Å²) in [7, 11) is -3.74. The number of H-pyrrole nitrogens is 1. The number of carboxylic acids is 1. The van der Waals surface area contributed by atoms with E-state index in [-0.39, 0.29) is 11.6 Å². The standard InChI is InChI=1S/C10H17N3O4S/c1-3-10(4-2,9(14)15)6-13-18(16,17)8-5-11-7-12-8/h5,7,13H,3-4,6H2,1-2H3,(H,11,12)(H,14,15). The van der Waals surface area contributed by atoms with Crippen LogP contribution in [0.15, 0.2) is 17.6 Å². The predicted molar refractivity (Wildman–Crippen MR) is 64.4 cm³/mol. The molecular formula is C10H17N3O4S. The van der Waals surface area contributed by atoms with E-state index in [1.165, 1.54) is 12.5 Å². The summed E-state index contributed by atoms with van der Waals surface area (Å²) in [5.41, 5.74) is -1.08. The Labute approximate surface area is 106 Å². The van der Waals surface area contributed by atoms with E-state index in [9.17, 15) is 18.3 Å². The first kappa shape index (κ1) is 14.7. The lowest BCUT2D eigenvalue weighted by Crippen LogP contribution is -2.42. The fraction of sp³-hybridized carbons (Fsp3) is 0.600. The molecule has 1 rings (SSSR count). The van der Waals surface area contributed by atoms with Crippen LogP contribution in [0.1, 0.15) is 26.7 Å². The molecule has 0 aliphatic heterocycles. The highest BCUT2D eigenvalue weighted by Gasteiger charge is 2.36. The van der Waals surface area contributed by atoms with Crippen molar-refractivity contribution in [1.29, 1.82) is 0 Å². The Bertz CT molecular complexity index is 491. The lowest BCUT2D eigenvalue weighted by atomic mass is 9.83. The second-order valence-corrected chi connectivity index (χ2v) is 5.77. The average Bonchev–Trinajstić information content (AvgIpc) is 2.84. The Morgan fingerprint density at radius 1 is 1.50 bits per heavy atom. The van der Waals surface area contributed by atoms with Gasteiger partial charge in [-0.2, -0.15) is 0 Å². The van der Waals surface area contributed by atoms with Crippen molar-refractivity contribution in [3.05, 3.63) is 12.5 Å². The first-order valence-electron chi connectivity index (χ1n) is 5.59. The van der Waals surface area contributed by atoms with Crippen LogP contribution in [0.2, 0.25) is 0 Å². The van der Waals surface area contributed by atoms with Gasteiger partial charge in [-0.25, -0.2) is 18.1 Å². The normalized spacial score (nSPS) is 12.6. The number of carboxylic acid groups (broad SMARTS) is 1. The number of nitrogens with zero attached hydrogens (tertiary/aromatic N) is 1. The molecule has 0 atom stereocenters. The van der Waals surface area contributed by atoms with Gasteiger partial charge in [-0.1, -0.05) is 13.8 Å². The largest absolute Gasteiger partial charge is 0.481 e. The number of aliphatic carboxylic acids is 1. The molecule has 0 unspecified atom stereocenters. The van der Waals surface area contributed by atoms with E-state index in [0.717, 1.165) is 0 Å². The molecule has 18 heavy (non-hydrogen) atoms. The summed E-state index contributed by atoms with van der Waals surface area (Å²) < 4.78 is 25.9. The minimum Gasteiger partial charge on any atom is -0.481 e. The molecule has 0 fully saturated rings. The maximum atomic E-state index is 11.8. The van der Waals surface area contributed by atoms with Gasteiger partial charge in [-0.05, 0) is 12.8 Å². The Hall–Kier alpha value is -1.41. The van der Waals surface area contributed by atoms with Crippen molar-refractivity contribution in [3.63, 3.8) is 0 Å². The minimum absolute atomic E-state index is 0.0750. The van der Waals surface area contributed by atoms with Crippen molar-refractivity contribution in [2.45, 2.75) is 31.7 Å². The zero-order chi connectivity index (χ0) is 13.8. The zero-order valence-corrected chi connectivity index (χ0v) is 11.1. The molecule has 0 spiro atoms. The lowest BCUT2D eigenvalue weighted by Gasteiger charge is -2.26. The summed E-state index contributed by atoms with van der Waals surface area (Å²) in [6.45, 7) is 3.31. The number of sulfonamides is 1. The number of aromatic nitrogens is 2. The summed E-state index contributed by atoms with van der Waals surface area (Å²) in [5, 5.41) is 9.12. The molecule has 3 N–H and O–H groups in total. The summed E-state index contributed by atoms with van der Waals surface area (Å²) in [4.78, 5) is 17.3. The van der Waals surface area contributed by atoms with E-state index in [0.29, 0.717) is 12.8 Å². The Morgan fingerprint density at radius 3 is 2.50 bits per heavy atom. The third-order valence-corrected chi connectivity index (χ3v) is 4.50. The van der Waals surface area contributed by atoms with Crippen molar-refractivity contribution < 1.29 is 18.3 Å². The first-order chi connectivity index (χ1) is 8.38. The second-order valence-electron chi connectivity index (χ2n) is 4.03. The molecule has 7 nitrogen and oxygen atoms in total. The highest BCUT2D eigenvalue weighted by Crippen LogP contribution is 2.26. The molecular weight excluding hydrogens is 258 g/mol. The van der Waals surface area contributed by atoms with Crippen molar-refractivity contribution in [2.75, 3.05) is 6.54 Å². The number of imidazole rings is 1. The van der Waals surface area contributed by atoms with Gasteiger partial charge in [-0.15, -0.1) is 0 Å². The van der Waals surface area contributed by atoms with Gasteiger partial charge in [0.2, 0.25) is 0 Å². The molecule has 0 bridgehead atoms. The Morgan fingerprint density at radius 2 is 2.11 bits per heavy atom. The maximum Gasteiger partial charge on any atom is 0.310 e. The molecule has 0 aromatic carbocycles. The molecule has 8 heteroatoms. The Kier molecular flexibility index (Phi) is 4.47. The van der Waals surface area contributed by atoms with Crippen LogP contribution in [-0.2, 0) is 14.8 Å². The third-order valence-electron chi connectivity index (χ3n) is 3.17. The van der Waals surface area contributed by atoms with Gasteiger partial charge in [0.25, 0.3) is 10.0 Å². The zero-order valence-electron chi connectivity index (χ0n) is 10.3. The van der Waals surface area contributed by atoms with Crippen LogP contribution in [0.3, 0.4) is 0 Å². The van der Waals surface area contributed by atoms with Crippen LogP contribution in [0.25, 0.3) is 0 Å². The van der Waals surface area contributed by atoms with Gasteiger partial charge in [0.15, 0.2) is 5.03 Å². The van der Waals surface area contributed by atoms with Gasteiger partial charge in [-0.3, -0.25) is 4.79 Å². The van der Waals surface area contributed by atoms with Crippen LogP contribution in [0.4, 0.5) is 0 Å². The van der Waals surface area contributed by atoms with E-state index in [2.05, 4.69) is 14.7 Å². The molecule has 0 aliphatic rings. The second kappa shape index (κ2) is 5.49. The van der Waals surface area contributed by atoms with Gasteiger partial charge in [0, 0.05) is 6.54 Å². The number of nitrogens with one attached hydrogen (secondary N) is 2. The van der Waals surface area contributed by atoms with E-state index in [1.807, 2.05) is 0 Å². The molecule has 0 aliphatic carbocycles. The summed E-state index contributed by atoms with van der Waals surface area (Å²) in [5.74, 6) is -1.00. The van der Waals surface area contributed by atoms with E-state index >= 15 is 0 Å². The van der Waals surface area contributed by atoms with Crippen molar-refractivity contribution in [2.24, 2.45) is 5.41 Å². The van der Waals surface area contributed by atoms with Crippen molar-refractivity contribution >= 4 is 16.0 Å². The molecule has 0 saturated heterocycles. The molecule has 102 valence electrons. The average molecular weight is 275 g/mol. The Balaban J connectivity index is 2.84. The highest BCUT2D eigenvalue weighted by molar-refractivity contribution is 7.89. The lowest BCUT2D eigenvalue weighted by molar-refractivity contribution is -0.149. The van der Waals surface area contributed by atoms with Crippen molar-refractivity contribution in [1.82, 2.24) is 14.7 Å². The number of aromatic amines is 1. The molecule has 1 aromatic rings. The number of hydrogen-bond acceptors (Lipinski definition) is 4. The highest BCUT2D eigenvalue weighted by atomic mass is 32.2. The van der Waals surface area contributed by atoms with Gasteiger partial charge >= 0.3 is 5.97 Å². The van der Waals surface area contributed by atoms with Crippen LogP contribution in [0.5, 0.6) is 0 Å². The molecule has 0 radical (unpaired) electrons. The van der Waals surface area contributed by atoms with Gasteiger partial charge in [0.1, 0.15) is 0 Å². The van der Waals surface area contributed by atoms with Crippen LogP contribution in [-0.4, -0.2) is 36.0 Å². The topological polar surface area (TPSA) is 112 Å².